The quantitative estimate of drug-likeness (QED) is 0.236. The molecule has 0 aliphatic heterocycles. The number of rotatable bonds is 3. The van der Waals surface area contributed by atoms with Crippen molar-refractivity contribution in [3.63, 3.8) is 0 Å². The van der Waals surface area contributed by atoms with Crippen LogP contribution in [0.5, 0.6) is 0 Å². The van der Waals surface area contributed by atoms with Crippen molar-refractivity contribution in [3.05, 3.63) is 139 Å². The second-order valence-corrected chi connectivity index (χ2v) is 10.2. The normalized spacial score (nSPS) is 11.7. The molecule has 0 amide bonds. The summed E-state index contributed by atoms with van der Waals surface area (Å²) in [6.45, 7) is 2.19. The topological polar surface area (TPSA) is 18.1 Å². The molecule has 8 rings (SSSR count). The molecule has 0 N–H and O–H groups in total. The lowest BCUT2D eigenvalue weighted by atomic mass is 9.97. The van der Waals surface area contributed by atoms with Gasteiger partial charge >= 0.3 is 0 Å². The van der Waals surface area contributed by atoms with Crippen LogP contribution < -0.4 is 0 Å². The van der Waals surface area contributed by atoms with E-state index in [0.29, 0.717) is 0 Å². The number of aromatic nitrogens is 1. The fourth-order valence-corrected chi connectivity index (χ4v) is 6.12. The smallest absolute Gasteiger partial charge is 0.136 e. The van der Waals surface area contributed by atoms with Crippen LogP contribution in [0, 0.1) is 6.92 Å². The Morgan fingerprint density at radius 2 is 1.10 bits per heavy atom. The summed E-state index contributed by atoms with van der Waals surface area (Å²) in [4.78, 5) is 0. The Kier molecular flexibility index (Phi) is 4.77. The first-order valence-electron chi connectivity index (χ1n) is 13.4. The molecule has 2 heterocycles. The average molecular weight is 500 g/mol. The Hall–Kier alpha value is -5.08. The van der Waals surface area contributed by atoms with Crippen LogP contribution in [0.2, 0.25) is 0 Å². The lowest BCUT2D eigenvalue weighted by Gasteiger charge is -2.11. The van der Waals surface area contributed by atoms with Crippen molar-refractivity contribution in [1.29, 1.82) is 0 Å². The molecule has 0 aliphatic rings. The number of aryl methyl sites for hydroxylation is 1. The van der Waals surface area contributed by atoms with Crippen molar-refractivity contribution >= 4 is 43.7 Å². The highest BCUT2D eigenvalue weighted by Crippen LogP contribution is 2.38. The molecule has 0 aliphatic carbocycles. The van der Waals surface area contributed by atoms with Gasteiger partial charge in [0.15, 0.2) is 0 Å². The van der Waals surface area contributed by atoms with Gasteiger partial charge < -0.3 is 8.98 Å². The van der Waals surface area contributed by atoms with E-state index in [1.54, 1.807) is 0 Å². The van der Waals surface area contributed by atoms with E-state index in [2.05, 4.69) is 127 Å². The van der Waals surface area contributed by atoms with Crippen LogP contribution >= 0.6 is 0 Å². The molecule has 2 heteroatoms. The van der Waals surface area contributed by atoms with E-state index in [-0.39, 0.29) is 0 Å². The maximum Gasteiger partial charge on any atom is 0.136 e. The van der Waals surface area contributed by atoms with Crippen LogP contribution in [-0.4, -0.2) is 4.57 Å². The molecule has 0 bridgehead atoms. The molecule has 2 aromatic heterocycles. The number of nitrogens with zero attached hydrogens (tertiary/aromatic N) is 1. The van der Waals surface area contributed by atoms with E-state index < -0.39 is 0 Å². The van der Waals surface area contributed by atoms with E-state index in [4.69, 9.17) is 4.42 Å². The summed E-state index contributed by atoms with van der Waals surface area (Å²) < 4.78 is 8.50. The van der Waals surface area contributed by atoms with Gasteiger partial charge in [-0.15, -0.1) is 0 Å². The molecular formula is C37H25NO. The van der Waals surface area contributed by atoms with Gasteiger partial charge in [-0.25, -0.2) is 0 Å². The van der Waals surface area contributed by atoms with Gasteiger partial charge in [-0.05, 0) is 65.1 Å². The molecule has 0 spiro atoms. The van der Waals surface area contributed by atoms with Crippen LogP contribution in [0.15, 0.2) is 138 Å². The third kappa shape index (κ3) is 3.35. The Morgan fingerprint density at radius 1 is 0.487 bits per heavy atom. The molecule has 0 atom stereocenters. The Bertz CT molecular complexity index is 2160. The number of hydrogen-bond donors (Lipinski definition) is 0. The summed E-state index contributed by atoms with van der Waals surface area (Å²) in [5.74, 6) is 0. The van der Waals surface area contributed by atoms with Crippen LogP contribution in [0.4, 0.5) is 0 Å². The van der Waals surface area contributed by atoms with Crippen molar-refractivity contribution in [1.82, 2.24) is 4.57 Å². The van der Waals surface area contributed by atoms with Gasteiger partial charge in [0.2, 0.25) is 0 Å². The van der Waals surface area contributed by atoms with Crippen molar-refractivity contribution in [2.24, 2.45) is 0 Å². The van der Waals surface area contributed by atoms with Crippen molar-refractivity contribution < 1.29 is 4.42 Å². The third-order valence-corrected chi connectivity index (χ3v) is 7.95. The van der Waals surface area contributed by atoms with E-state index in [9.17, 15) is 0 Å². The summed E-state index contributed by atoms with van der Waals surface area (Å²) in [6, 6.07) is 47.6. The van der Waals surface area contributed by atoms with Gasteiger partial charge in [0.1, 0.15) is 11.2 Å². The number of hydrogen-bond acceptors (Lipinski definition) is 1. The second-order valence-electron chi connectivity index (χ2n) is 10.2. The maximum absolute atomic E-state index is 6.11. The molecule has 0 saturated heterocycles. The SMILES string of the molecule is Cc1cccc2c3ccccc3n(-c3ccc(-c4ccc(-c5cccc6oc7ccccc7c56)cc4)cc3)c12. The molecule has 0 fully saturated rings. The van der Waals surface area contributed by atoms with Gasteiger partial charge in [-0.3, -0.25) is 0 Å². The highest BCUT2D eigenvalue weighted by molar-refractivity contribution is 6.12. The lowest BCUT2D eigenvalue weighted by Crippen LogP contribution is -1.95. The molecule has 2 nitrogen and oxygen atoms in total. The molecule has 0 unspecified atom stereocenters. The van der Waals surface area contributed by atoms with Gasteiger partial charge in [0, 0.05) is 27.2 Å². The third-order valence-electron chi connectivity index (χ3n) is 7.95. The Morgan fingerprint density at radius 3 is 1.92 bits per heavy atom. The van der Waals surface area contributed by atoms with Crippen LogP contribution in [0.25, 0.3) is 71.7 Å². The van der Waals surface area contributed by atoms with Crippen LogP contribution in [-0.2, 0) is 0 Å². The molecular weight excluding hydrogens is 474 g/mol. The minimum Gasteiger partial charge on any atom is -0.456 e. The van der Waals surface area contributed by atoms with E-state index >= 15 is 0 Å². The second kappa shape index (κ2) is 8.47. The first-order chi connectivity index (χ1) is 19.3. The van der Waals surface area contributed by atoms with Gasteiger partial charge in [-0.1, -0.05) is 103 Å². The summed E-state index contributed by atoms with van der Waals surface area (Å²) in [6.07, 6.45) is 0. The standard InChI is InChI=1S/C37H25NO/c1-24-8-6-12-31-30-9-2-4-13-33(30)38(37(24)31)28-22-20-26(21-23-28)25-16-18-27(19-17-25)29-11-7-15-35-36(29)32-10-3-5-14-34(32)39-35/h2-23H,1H3. The van der Waals surface area contributed by atoms with E-state index in [0.717, 1.165) is 16.6 Å². The molecule has 39 heavy (non-hydrogen) atoms. The molecule has 6 aromatic carbocycles. The predicted molar refractivity (Wildman–Crippen MR) is 164 cm³/mol. The van der Waals surface area contributed by atoms with Crippen molar-refractivity contribution in [3.8, 4) is 27.9 Å². The maximum atomic E-state index is 6.11. The molecule has 0 saturated carbocycles. The number of fused-ring (bicyclic) bond motifs is 6. The Labute approximate surface area is 226 Å². The van der Waals surface area contributed by atoms with E-state index in [1.807, 2.05) is 18.2 Å². The fraction of sp³-hybridized carbons (Fsp3) is 0.0270. The molecule has 0 radical (unpaired) electrons. The highest BCUT2D eigenvalue weighted by atomic mass is 16.3. The zero-order valence-corrected chi connectivity index (χ0v) is 21.6. The van der Waals surface area contributed by atoms with Crippen LogP contribution in [0.3, 0.4) is 0 Å². The molecule has 8 aromatic rings. The monoisotopic (exact) mass is 499 g/mol. The van der Waals surface area contributed by atoms with Gasteiger partial charge in [-0.2, -0.15) is 0 Å². The van der Waals surface area contributed by atoms with Crippen LogP contribution in [0.1, 0.15) is 5.56 Å². The number of furan rings is 1. The summed E-state index contributed by atoms with van der Waals surface area (Å²) in [7, 11) is 0. The predicted octanol–water partition coefficient (Wildman–Crippen LogP) is 10.3. The van der Waals surface area contributed by atoms with Crippen molar-refractivity contribution in [2.75, 3.05) is 0 Å². The van der Waals surface area contributed by atoms with Crippen molar-refractivity contribution in [2.45, 2.75) is 6.92 Å². The zero-order chi connectivity index (χ0) is 25.9. The van der Waals surface area contributed by atoms with Gasteiger partial charge in [0.25, 0.3) is 0 Å². The lowest BCUT2D eigenvalue weighted by molar-refractivity contribution is 0.669. The average Bonchev–Trinajstić information content (AvgIpc) is 3.54. The van der Waals surface area contributed by atoms with Gasteiger partial charge in [0.05, 0.1) is 11.0 Å². The minimum absolute atomic E-state index is 0.925. The fourth-order valence-electron chi connectivity index (χ4n) is 6.12. The number of para-hydroxylation sites is 3. The summed E-state index contributed by atoms with van der Waals surface area (Å²) in [5.41, 5.74) is 11.6. The number of benzene rings is 6. The zero-order valence-electron chi connectivity index (χ0n) is 21.6. The molecule has 184 valence electrons. The minimum atomic E-state index is 0.925. The summed E-state index contributed by atoms with van der Waals surface area (Å²) in [5, 5.41) is 4.91. The summed E-state index contributed by atoms with van der Waals surface area (Å²) >= 11 is 0. The Balaban J connectivity index is 1.19. The van der Waals surface area contributed by atoms with E-state index in [1.165, 1.54) is 60.7 Å². The first kappa shape index (κ1) is 22.0. The first-order valence-corrected chi connectivity index (χ1v) is 13.4. The largest absolute Gasteiger partial charge is 0.456 e. The highest BCUT2D eigenvalue weighted by Gasteiger charge is 2.14.